The van der Waals surface area contributed by atoms with Gasteiger partial charge in [-0.2, -0.15) is 0 Å². The predicted molar refractivity (Wildman–Crippen MR) is 135 cm³/mol. The lowest BCUT2D eigenvalue weighted by Crippen LogP contribution is -2.51. The van der Waals surface area contributed by atoms with E-state index >= 15 is 0 Å². The van der Waals surface area contributed by atoms with Crippen molar-refractivity contribution >= 4 is 23.4 Å². The maximum absolute atomic E-state index is 12.4. The summed E-state index contributed by atoms with van der Waals surface area (Å²) in [6.07, 6.45) is 3.56. The zero-order valence-electron chi connectivity index (χ0n) is 20.3. The second kappa shape index (κ2) is 13.4. The van der Waals surface area contributed by atoms with Crippen LogP contribution >= 0.6 is 0 Å². The fourth-order valence-corrected chi connectivity index (χ4v) is 3.88. The normalized spacial score (nSPS) is 15.4. The van der Waals surface area contributed by atoms with Gasteiger partial charge in [0.15, 0.2) is 0 Å². The Labute approximate surface area is 210 Å². The molecule has 0 aliphatic carbocycles. The van der Waals surface area contributed by atoms with Crippen LogP contribution in [0.4, 0.5) is 5.69 Å². The van der Waals surface area contributed by atoms with E-state index in [-0.39, 0.29) is 11.5 Å². The number of carbonyl (C=O) groups is 3. The number of carbonyl (C=O) groups excluding carboxylic acids is 3. The number of aliphatic hydroxyl groups excluding tert-OH is 1. The van der Waals surface area contributed by atoms with Crippen molar-refractivity contribution in [2.24, 2.45) is 0 Å². The van der Waals surface area contributed by atoms with Gasteiger partial charge in [0.2, 0.25) is 5.91 Å². The largest absolute Gasteiger partial charge is 0.391 e. The minimum Gasteiger partial charge on any atom is -0.391 e. The van der Waals surface area contributed by atoms with Gasteiger partial charge in [-0.1, -0.05) is 24.7 Å². The summed E-state index contributed by atoms with van der Waals surface area (Å²) in [4.78, 5) is 38.5. The van der Waals surface area contributed by atoms with Gasteiger partial charge in [-0.25, -0.2) is 5.48 Å². The van der Waals surface area contributed by atoms with Gasteiger partial charge in [-0.05, 0) is 81.4 Å². The van der Waals surface area contributed by atoms with Crippen LogP contribution in [-0.2, 0) is 9.59 Å². The summed E-state index contributed by atoms with van der Waals surface area (Å²) < 4.78 is 0. The van der Waals surface area contributed by atoms with Crippen LogP contribution < -0.4 is 16.1 Å². The van der Waals surface area contributed by atoms with E-state index in [9.17, 15) is 19.5 Å². The van der Waals surface area contributed by atoms with Gasteiger partial charge in [-0.3, -0.25) is 24.5 Å². The highest BCUT2D eigenvalue weighted by atomic mass is 16.5. The van der Waals surface area contributed by atoms with E-state index < -0.39 is 24.0 Å². The highest BCUT2D eigenvalue weighted by molar-refractivity contribution is 5.97. The van der Waals surface area contributed by atoms with Crippen molar-refractivity contribution < 1.29 is 24.7 Å². The number of hydroxylamine groups is 1. The molecule has 190 valence electrons. The van der Waals surface area contributed by atoms with Gasteiger partial charge in [0, 0.05) is 22.4 Å². The summed E-state index contributed by atoms with van der Waals surface area (Å²) in [6.45, 7) is 3.67. The van der Waals surface area contributed by atoms with Gasteiger partial charge < -0.3 is 15.7 Å². The Morgan fingerprint density at radius 3 is 2.00 bits per heavy atom. The van der Waals surface area contributed by atoms with Crippen LogP contribution in [-0.4, -0.2) is 64.7 Å². The van der Waals surface area contributed by atoms with Crippen molar-refractivity contribution in [3.8, 4) is 11.8 Å². The number of hydrogen-bond donors (Lipinski definition) is 5. The summed E-state index contributed by atoms with van der Waals surface area (Å²) in [6, 6.07) is 12.5. The number of nitrogens with one attached hydrogen (secondary N) is 3. The van der Waals surface area contributed by atoms with Crippen molar-refractivity contribution in [2.75, 3.05) is 25.0 Å². The number of nitrogens with zero attached hydrogens (tertiary/aromatic N) is 1. The van der Waals surface area contributed by atoms with Crippen molar-refractivity contribution in [1.29, 1.82) is 0 Å². The zero-order chi connectivity index (χ0) is 25.9. The second-order valence-electron chi connectivity index (χ2n) is 8.81. The van der Waals surface area contributed by atoms with Crippen LogP contribution in [0.1, 0.15) is 54.1 Å². The first-order chi connectivity index (χ1) is 17.4. The minimum atomic E-state index is -1.29. The molecule has 1 fully saturated rings. The summed E-state index contributed by atoms with van der Waals surface area (Å²) in [5.41, 5.74) is 3.88. The van der Waals surface area contributed by atoms with E-state index in [2.05, 4.69) is 27.4 Å². The smallest absolute Gasteiger partial charge is 0.268 e. The van der Waals surface area contributed by atoms with E-state index in [1.165, 1.54) is 25.2 Å². The van der Waals surface area contributed by atoms with Crippen LogP contribution in [0.5, 0.6) is 0 Å². The van der Waals surface area contributed by atoms with Gasteiger partial charge >= 0.3 is 0 Å². The number of rotatable bonds is 7. The lowest BCUT2D eigenvalue weighted by Gasteiger charge is -2.19. The third-order valence-corrected chi connectivity index (χ3v) is 5.89. The van der Waals surface area contributed by atoms with Gasteiger partial charge in [-0.15, -0.1) is 0 Å². The average molecular weight is 493 g/mol. The maximum atomic E-state index is 12.4. The van der Waals surface area contributed by atoms with Crippen molar-refractivity contribution in [3.05, 3.63) is 65.2 Å². The van der Waals surface area contributed by atoms with Crippen molar-refractivity contribution in [2.45, 2.75) is 44.8 Å². The SMILES string of the molecule is C[C@@H](O)[C@H](NC(=O)c1ccc(C#Cc2ccc(NC(=O)CN3CCCCCC3)cc2)cc1)C(=O)NO. The molecule has 0 unspecified atom stereocenters. The Balaban J connectivity index is 1.54. The zero-order valence-corrected chi connectivity index (χ0v) is 20.3. The Hall–Kier alpha value is -3.71. The first kappa shape index (κ1) is 26.9. The number of amides is 3. The Kier molecular flexibility index (Phi) is 10.0. The van der Waals surface area contributed by atoms with Crippen molar-refractivity contribution in [1.82, 2.24) is 15.7 Å². The van der Waals surface area contributed by atoms with E-state index in [4.69, 9.17) is 5.21 Å². The molecule has 9 nitrogen and oxygen atoms in total. The highest BCUT2D eigenvalue weighted by Crippen LogP contribution is 2.12. The molecule has 1 aliphatic heterocycles. The molecule has 36 heavy (non-hydrogen) atoms. The first-order valence-electron chi connectivity index (χ1n) is 12.0. The predicted octanol–water partition coefficient (Wildman–Crippen LogP) is 1.89. The molecule has 2 atom stereocenters. The summed E-state index contributed by atoms with van der Waals surface area (Å²) in [5, 5.41) is 23.7. The summed E-state index contributed by atoms with van der Waals surface area (Å²) >= 11 is 0. The number of aliphatic hydroxyl groups is 1. The number of benzene rings is 2. The van der Waals surface area contributed by atoms with E-state index in [1.54, 1.807) is 24.3 Å². The fraction of sp³-hybridized carbons (Fsp3) is 0.370. The molecule has 2 aromatic rings. The maximum Gasteiger partial charge on any atom is 0.268 e. The molecule has 1 aliphatic rings. The molecule has 1 heterocycles. The quantitative estimate of drug-likeness (QED) is 0.228. The van der Waals surface area contributed by atoms with Crippen LogP contribution in [0, 0.1) is 11.8 Å². The molecule has 0 saturated carbocycles. The lowest BCUT2D eigenvalue weighted by molar-refractivity contribution is -0.133. The van der Waals surface area contributed by atoms with Gasteiger partial charge in [0.1, 0.15) is 6.04 Å². The first-order valence-corrected chi connectivity index (χ1v) is 12.0. The molecule has 1 saturated heterocycles. The highest BCUT2D eigenvalue weighted by Gasteiger charge is 2.25. The molecule has 0 spiro atoms. The third-order valence-electron chi connectivity index (χ3n) is 5.89. The third kappa shape index (κ3) is 8.20. The average Bonchev–Trinajstić information content (AvgIpc) is 3.15. The van der Waals surface area contributed by atoms with E-state index in [0.29, 0.717) is 12.1 Å². The van der Waals surface area contributed by atoms with Gasteiger partial charge in [0.05, 0.1) is 12.6 Å². The number of likely N-dealkylation sites (tertiary alicyclic amines) is 1. The molecule has 0 bridgehead atoms. The number of anilines is 1. The van der Waals surface area contributed by atoms with Gasteiger partial charge in [0.25, 0.3) is 11.8 Å². The molecule has 9 heteroatoms. The summed E-state index contributed by atoms with van der Waals surface area (Å²) in [7, 11) is 0. The Morgan fingerprint density at radius 2 is 1.47 bits per heavy atom. The van der Waals surface area contributed by atoms with E-state index in [0.717, 1.165) is 37.2 Å². The van der Waals surface area contributed by atoms with Crippen LogP contribution in [0.25, 0.3) is 0 Å². The standard InChI is InChI=1S/C27H32N4O5/c1-19(32)25(27(35)30-36)29-26(34)22-12-8-20(9-13-22)6-7-21-10-14-23(15-11-21)28-24(33)18-31-16-4-2-3-5-17-31/h8-15,19,25,32,36H,2-5,16-18H2,1H3,(H,28,33)(H,29,34)(H,30,35)/t19-,25+/m1/s1. The lowest BCUT2D eigenvalue weighted by atomic mass is 10.1. The molecule has 0 aromatic heterocycles. The van der Waals surface area contributed by atoms with Crippen LogP contribution in [0.3, 0.4) is 0 Å². The molecule has 0 radical (unpaired) electrons. The Bertz CT molecular complexity index is 1100. The summed E-state index contributed by atoms with van der Waals surface area (Å²) in [5.74, 6) is 4.57. The monoisotopic (exact) mass is 492 g/mol. The van der Waals surface area contributed by atoms with Crippen LogP contribution in [0.15, 0.2) is 48.5 Å². The van der Waals surface area contributed by atoms with Crippen molar-refractivity contribution in [3.63, 3.8) is 0 Å². The molecular formula is C27H32N4O5. The second-order valence-corrected chi connectivity index (χ2v) is 8.81. The number of hydrogen-bond acceptors (Lipinski definition) is 6. The molecule has 2 aromatic carbocycles. The minimum absolute atomic E-state index is 0.0170. The van der Waals surface area contributed by atoms with E-state index in [1.807, 2.05) is 24.3 Å². The molecule has 5 N–H and O–H groups in total. The molecule has 3 amide bonds. The fourth-order valence-electron chi connectivity index (χ4n) is 3.88. The molecule has 3 rings (SSSR count). The molecular weight excluding hydrogens is 460 g/mol. The topological polar surface area (TPSA) is 131 Å². The van der Waals surface area contributed by atoms with Crippen LogP contribution in [0.2, 0.25) is 0 Å². The Morgan fingerprint density at radius 1 is 0.917 bits per heavy atom.